The molecule has 0 aliphatic rings. The molecule has 0 saturated heterocycles. The quantitative estimate of drug-likeness (QED) is 0.223. The molecule has 7 heteroatoms. The fourth-order valence-corrected chi connectivity index (χ4v) is 3.71. The van der Waals surface area contributed by atoms with E-state index < -0.39 is 0 Å². The lowest BCUT2D eigenvalue weighted by atomic mass is 10.2. The smallest absolute Gasteiger partial charge is 0.180 e. The van der Waals surface area contributed by atoms with Crippen LogP contribution in [0.4, 0.5) is 0 Å². The highest BCUT2D eigenvalue weighted by Crippen LogP contribution is 2.34. The predicted octanol–water partition coefficient (Wildman–Crippen LogP) is 6.01. The Kier molecular flexibility index (Phi) is 8.99. The van der Waals surface area contributed by atoms with E-state index in [9.17, 15) is 0 Å². The van der Waals surface area contributed by atoms with Crippen LogP contribution in [0, 0.1) is 0 Å². The predicted molar refractivity (Wildman–Crippen MR) is 133 cm³/mol. The van der Waals surface area contributed by atoms with E-state index in [4.69, 9.17) is 15.2 Å². The Morgan fingerprint density at radius 2 is 1.61 bits per heavy atom. The minimum atomic E-state index is 0.407. The van der Waals surface area contributed by atoms with Crippen LogP contribution in [0.15, 0.2) is 87.5 Å². The van der Waals surface area contributed by atoms with Crippen molar-refractivity contribution in [2.24, 2.45) is 15.9 Å². The number of nitrogens with two attached hydrogens (primary N) is 1. The van der Waals surface area contributed by atoms with Crippen molar-refractivity contribution in [3.63, 3.8) is 0 Å². The Hall–Kier alpha value is -2.77. The van der Waals surface area contributed by atoms with Gasteiger partial charge in [0.25, 0.3) is 0 Å². The first-order chi connectivity index (χ1) is 15.2. The van der Waals surface area contributed by atoms with Crippen LogP contribution in [-0.2, 0) is 12.4 Å². The summed E-state index contributed by atoms with van der Waals surface area (Å²) in [4.78, 5) is 0. The summed E-state index contributed by atoms with van der Waals surface area (Å²) in [5, 5.41) is 8.62. The molecule has 5 nitrogen and oxygen atoms in total. The van der Waals surface area contributed by atoms with Crippen molar-refractivity contribution in [2.45, 2.75) is 19.3 Å². The second kappa shape index (κ2) is 12.2. The van der Waals surface area contributed by atoms with E-state index in [-0.39, 0.29) is 0 Å². The second-order valence-electron chi connectivity index (χ2n) is 6.48. The molecule has 3 aromatic rings. The van der Waals surface area contributed by atoms with Gasteiger partial charge in [0.15, 0.2) is 16.7 Å². The fourth-order valence-electron chi connectivity index (χ4n) is 2.67. The summed E-state index contributed by atoms with van der Waals surface area (Å²) >= 11 is 5.02. The monoisotopic (exact) mass is 497 g/mol. The summed E-state index contributed by atoms with van der Waals surface area (Å²) in [5.41, 5.74) is 9.06. The van der Waals surface area contributed by atoms with Crippen molar-refractivity contribution in [1.29, 1.82) is 0 Å². The standard InChI is InChI=1S/C24H24BrN3O2S/c1-2-29-22-13-20(15-27-28-24(26)31-17-19-11-7-4-8-12-19)21(25)14-23(22)30-16-18-9-5-3-6-10-18/h3-15H,2,16-17H2,1H3,(H2,26,28). The van der Waals surface area contributed by atoms with Gasteiger partial charge in [-0.2, -0.15) is 5.10 Å². The summed E-state index contributed by atoms with van der Waals surface area (Å²) in [6, 6.07) is 23.9. The lowest BCUT2D eigenvalue weighted by molar-refractivity contribution is 0.269. The molecule has 0 aliphatic carbocycles. The van der Waals surface area contributed by atoms with Crippen molar-refractivity contribution < 1.29 is 9.47 Å². The summed E-state index contributed by atoms with van der Waals surface area (Å²) in [5.74, 6) is 2.06. The first-order valence-electron chi connectivity index (χ1n) is 9.82. The maximum absolute atomic E-state index is 5.98. The average Bonchev–Trinajstić information content (AvgIpc) is 2.80. The molecule has 0 aliphatic heterocycles. The van der Waals surface area contributed by atoms with Crippen molar-refractivity contribution in [3.05, 3.63) is 94.0 Å². The molecular formula is C24H24BrN3O2S. The van der Waals surface area contributed by atoms with Crippen LogP contribution in [0.25, 0.3) is 0 Å². The lowest BCUT2D eigenvalue weighted by Crippen LogP contribution is -2.06. The van der Waals surface area contributed by atoms with E-state index in [0.717, 1.165) is 21.4 Å². The van der Waals surface area contributed by atoms with Crippen LogP contribution >= 0.6 is 27.7 Å². The van der Waals surface area contributed by atoms with Gasteiger partial charge in [0.2, 0.25) is 0 Å². The van der Waals surface area contributed by atoms with Gasteiger partial charge in [-0.1, -0.05) is 72.4 Å². The molecule has 0 heterocycles. The van der Waals surface area contributed by atoms with Crippen LogP contribution in [0.2, 0.25) is 0 Å². The van der Waals surface area contributed by atoms with Crippen LogP contribution in [0.1, 0.15) is 23.6 Å². The minimum absolute atomic E-state index is 0.407. The Bertz CT molecular complexity index is 1030. The van der Waals surface area contributed by atoms with Gasteiger partial charge in [0.05, 0.1) is 12.8 Å². The van der Waals surface area contributed by atoms with Gasteiger partial charge in [0.1, 0.15) is 6.61 Å². The van der Waals surface area contributed by atoms with E-state index in [1.807, 2.05) is 67.6 Å². The number of hydrogen-bond donors (Lipinski definition) is 1. The molecule has 0 amide bonds. The molecule has 0 saturated carbocycles. The Labute approximate surface area is 195 Å². The maximum Gasteiger partial charge on any atom is 0.180 e. The molecule has 0 bridgehead atoms. The zero-order chi connectivity index (χ0) is 21.9. The van der Waals surface area contributed by atoms with Gasteiger partial charge >= 0.3 is 0 Å². The first-order valence-corrected chi connectivity index (χ1v) is 11.6. The van der Waals surface area contributed by atoms with Gasteiger partial charge in [-0.15, -0.1) is 5.10 Å². The first kappa shape index (κ1) is 22.9. The average molecular weight is 498 g/mol. The molecule has 31 heavy (non-hydrogen) atoms. The number of ether oxygens (including phenoxy) is 2. The molecule has 0 unspecified atom stereocenters. The van der Waals surface area contributed by atoms with Crippen LogP contribution < -0.4 is 15.2 Å². The highest BCUT2D eigenvalue weighted by Gasteiger charge is 2.10. The third-order valence-corrected chi connectivity index (χ3v) is 5.72. The molecule has 0 fully saturated rings. The molecule has 0 aromatic heterocycles. The Balaban J connectivity index is 1.66. The largest absolute Gasteiger partial charge is 0.490 e. The fraction of sp³-hybridized carbons (Fsp3) is 0.167. The van der Waals surface area contributed by atoms with E-state index in [2.05, 4.69) is 38.3 Å². The van der Waals surface area contributed by atoms with E-state index in [1.54, 1.807) is 6.21 Å². The van der Waals surface area contributed by atoms with Crippen LogP contribution in [-0.4, -0.2) is 18.0 Å². The van der Waals surface area contributed by atoms with E-state index >= 15 is 0 Å². The molecule has 3 rings (SSSR count). The SMILES string of the molecule is CCOc1cc(C=NN=C(N)SCc2ccccc2)c(Br)cc1OCc1ccccc1. The van der Waals surface area contributed by atoms with Gasteiger partial charge in [-0.05, 0) is 46.1 Å². The van der Waals surface area contributed by atoms with Crippen molar-refractivity contribution in [3.8, 4) is 11.5 Å². The van der Waals surface area contributed by atoms with Crippen LogP contribution in [0.3, 0.4) is 0 Å². The molecule has 3 aromatic carbocycles. The van der Waals surface area contributed by atoms with Gasteiger partial charge < -0.3 is 15.2 Å². The van der Waals surface area contributed by atoms with Crippen molar-refractivity contribution in [1.82, 2.24) is 0 Å². The van der Waals surface area contributed by atoms with Crippen LogP contribution in [0.5, 0.6) is 11.5 Å². The topological polar surface area (TPSA) is 69.2 Å². The molecule has 2 N–H and O–H groups in total. The lowest BCUT2D eigenvalue weighted by Gasteiger charge is -2.14. The highest BCUT2D eigenvalue weighted by molar-refractivity contribution is 9.10. The van der Waals surface area contributed by atoms with Crippen molar-refractivity contribution >= 4 is 39.1 Å². The zero-order valence-electron chi connectivity index (χ0n) is 17.2. The highest BCUT2D eigenvalue weighted by atomic mass is 79.9. The molecular weight excluding hydrogens is 474 g/mol. The van der Waals surface area contributed by atoms with E-state index in [1.165, 1.54) is 17.3 Å². The number of thioether (sulfide) groups is 1. The minimum Gasteiger partial charge on any atom is -0.490 e. The molecule has 0 atom stereocenters. The summed E-state index contributed by atoms with van der Waals surface area (Å²) in [6.45, 7) is 2.92. The third kappa shape index (κ3) is 7.45. The third-order valence-electron chi connectivity index (χ3n) is 4.18. The number of hydrogen-bond acceptors (Lipinski definition) is 5. The Morgan fingerprint density at radius 3 is 2.29 bits per heavy atom. The van der Waals surface area contributed by atoms with Gasteiger partial charge in [-0.3, -0.25) is 0 Å². The number of halogens is 1. The number of nitrogens with zero attached hydrogens (tertiary/aromatic N) is 2. The number of benzene rings is 3. The molecule has 0 radical (unpaired) electrons. The number of rotatable bonds is 9. The van der Waals surface area contributed by atoms with Gasteiger partial charge in [-0.25, -0.2) is 0 Å². The molecule has 0 spiro atoms. The van der Waals surface area contributed by atoms with E-state index in [0.29, 0.717) is 29.9 Å². The summed E-state index contributed by atoms with van der Waals surface area (Å²) in [6.07, 6.45) is 1.64. The summed E-state index contributed by atoms with van der Waals surface area (Å²) in [7, 11) is 0. The molecule has 160 valence electrons. The summed E-state index contributed by atoms with van der Waals surface area (Å²) < 4.78 is 12.6. The second-order valence-corrected chi connectivity index (χ2v) is 8.33. The number of amidine groups is 1. The Morgan fingerprint density at radius 1 is 0.968 bits per heavy atom. The maximum atomic E-state index is 5.98. The normalized spacial score (nSPS) is 11.6. The van der Waals surface area contributed by atoms with Gasteiger partial charge in [0, 0.05) is 15.8 Å². The zero-order valence-corrected chi connectivity index (χ0v) is 19.6. The van der Waals surface area contributed by atoms with Crippen molar-refractivity contribution in [2.75, 3.05) is 6.61 Å².